The SMILES string of the molecule is COC1CCN(CC(=O)Nc2cc(Cl)ccc2F)CC1. The van der Waals surface area contributed by atoms with E-state index in [1.54, 1.807) is 7.11 Å². The van der Waals surface area contributed by atoms with Crippen LogP contribution in [0.5, 0.6) is 0 Å². The number of carbonyl (C=O) groups excluding carboxylic acids is 1. The molecule has 0 aromatic heterocycles. The van der Waals surface area contributed by atoms with Crippen LogP contribution < -0.4 is 5.32 Å². The Labute approximate surface area is 122 Å². The van der Waals surface area contributed by atoms with E-state index < -0.39 is 5.82 Å². The van der Waals surface area contributed by atoms with Crippen molar-refractivity contribution < 1.29 is 13.9 Å². The van der Waals surface area contributed by atoms with Crippen molar-refractivity contribution in [3.05, 3.63) is 29.0 Å². The van der Waals surface area contributed by atoms with Crippen LogP contribution in [-0.4, -0.2) is 43.7 Å². The van der Waals surface area contributed by atoms with Gasteiger partial charge in [-0.2, -0.15) is 0 Å². The summed E-state index contributed by atoms with van der Waals surface area (Å²) < 4.78 is 18.8. The summed E-state index contributed by atoms with van der Waals surface area (Å²) in [5.41, 5.74) is 0.120. The lowest BCUT2D eigenvalue weighted by atomic mass is 10.1. The quantitative estimate of drug-likeness (QED) is 0.929. The van der Waals surface area contributed by atoms with Gasteiger partial charge in [-0.3, -0.25) is 9.69 Å². The van der Waals surface area contributed by atoms with Crippen LogP contribution in [0.25, 0.3) is 0 Å². The fourth-order valence-corrected chi connectivity index (χ4v) is 2.46. The topological polar surface area (TPSA) is 41.6 Å². The number of halogens is 2. The molecule has 1 aromatic rings. The Kier molecular flexibility index (Phi) is 5.34. The van der Waals surface area contributed by atoms with E-state index in [0.717, 1.165) is 25.9 Å². The lowest BCUT2D eigenvalue weighted by Gasteiger charge is -2.30. The van der Waals surface area contributed by atoms with Crippen LogP contribution in [0, 0.1) is 5.82 Å². The fraction of sp³-hybridized carbons (Fsp3) is 0.500. The molecule has 20 heavy (non-hydrogen) atoms. The monoisotopic (exact) mass is 300 g/mol. The van der Waals surface area contributed by atoms with Crippen molar-refractivity contribution in [3.8, 4) is 0 Å². The molecule has 0 spiro atoms. The first-order valence-corrected chi connectivity index (χ1v) is 6.96. The van der Waals surface area contributed by atoms with Gasteiger partial charge in [0, 0.05) is 25.2 Å². The largest absolute Gasteiger partial charge is 0.381 e. The summed E-state index contributed by atoms with van der Waals surface area (Å²) in [6, 6.07) is 4.09. The smallest absolute Gasteiger partial charge is 0.238 e. The molecule has 0 saturated carbocycles. The molecule has 2 rings (SSSR count). The summed E-state index contributed by atoms with van der Waals surface area (Å²) in [6.07, 6.45) is 2.10. The van der Waals surface area contributed by atoms with E-state index in [9.17, 15) is 9.18 Å². The number of hydrogen-bond acceptors (Lipinski definition) is 3. The van der Waals surface area contributed by atoms with Gasteiger partial charge in [0.25, 0.3) is 0 Å². The van der Waals surface area contributed by atoms with Gasteiger partial charge in [-0.1, -0.05) is 11.6 Å². The Bertz CT molecular complexity index is 476. The van der Waals surface area contributed by atoms with E-state index in [2.05, 4.69) is 5.32 Å². The molecule has 0 aliphatic carbocycles. The maximum atomic E-state index is 13.5. The highest BCUT2D eigenvalue weighted by atomic mass is 35.5. The normalized spacial score (nSPS) is 17.1. The molecule has 110 valence electrons. The number of methoxy groups -OCH3 is 1. The Hall–Kier alpha value is -1.17. The predicted molar refractivity (Wildman–Crippen MR) is 76.5 cm³/mol. The first kappa shape index (κ1) is 15.2. The lowest BCUT2D eigenvalue weighted by molar-refractivity contribution is -0.117. The average molecular weight is 301 g/mol. The zero-order valence-corrected chi connectivity index (χ0v) is 12.1. The van der Waals surface area contributed by atoms with Gasteiger partial charge in [0.1, 0.15) is 5.82 Å². The minimum Gasteiger partial charge on any atom is -0.381 e. The zero-order chi connectivity index (χ0) is 14.5. The summed E-state index contributed by atoms with van der Waals surface area (Å²) in [7, 11) is 1.70. The number of nitrogens with one attached hydrogen (secondary N) is 1. The molecule has 4 nitrogen and oxygen atoms in total. The van der Waals surface area contributed by atoms with Crippen LogP contribution >= 0.6 is 11.6 Å². The molecular weight excluding hydrogens is 283 g/mol. The van der Waals surface area contributed by atoms with Gasteiger partial charge in [0.2, 0.25) is 5.91 Å². The molecule has 6 heteroatoms. The number of hydrogen-bond donors (Lipinski definition) is 1. The van der Waals surface area contributed by atoms with Crippen LogP contribution in [0.1, 0.15) is 12.8 Å². The highest BCUT2D eigenvalue weighted by Gasteiger charge is 2.20. The molecule has 0 radical (unpaired) electrons. The number of amides is 1. The second-order valence-electron chi connectivity index (χ2n) is 4.88. The molecule has 0 unspecified atom stereocenters. The van der Waals surface area contributed by atoms with E-state index >= 15 is 0 Å². The van der Waals surface area contributed by atoms with E-state index in [1.807, 2.05) is 4.90 Å². The molecular formula is C14H18ClFN2O2. The molecule has 1 N–H and O–H groups in total. The van der Waals surface area contributed by atoms with Crippen LogP contribution in [-0.2, 0) is 9.53 Å². The van der Waals surface area contributed by atoms with Crippen molar-refractivity contribution in [1.29, 1.82) is 0 Å². The Balaban J connectivity index is 1.85. The summed E-state index contributed by atoms with van der Waals surface area (Å²) in [5.74, 6) is -0.720. The fourth-order valence-electron chi connectivity index (χ4n) is 2.29. The van der Waals surface area contributed by atoms with Gasteiger partial charge >= 0.3 is 0 Å². The molecule has 1 amide bonds. The standard InChI is InChI=1S/C14H18ClFN2O2/c1-20-11-4-6-18(7-5-11)9-14(19)17-13-8-10(15)2-3-12(13)16/h2-3,8,11H,4-7,9H2,1H3,(H,17,19). The molecule has 1 heterocycles. The van der Waals surface area contributed by atoms with Gasteiger partial charge in [0.05, 0.1) is 18.3 Å². The van der Waals surface area contributed by atoms with E-state index in [1.165, 1.54) is 18.2 Å². The van der Waals surface area contributed by atoms with Crippen molar-refractivity contribution in [2.45, 2.75) is 18.9 Å². The van der Waals surface area contributed by atoms with Crippen molar-refractivity contribution in [3.63, 3.8) is 0 Å². The van der Waals surface area contributed by atoms with Gasteiger partial charge < -0.3 is 10.1 Å². The van der Waals surface area contributed by atoms with Gasteiger partial charge in [-0.25, -0.2) is 4.39 Å². The first-order valence-electron chi connectivity index (χ1n) is 6.58. The second kappa shape index (κ2) is 7.02. The maximum absolute atomic E-state index is 13.5. The number of carbonyl (C=O) groups is 1. The third-order valence-electron chi connectivity index (χ3n) is 3.44. The van der Waals surface area contributed by atoms with Crippen LogP contribution in [0.15, 0.2) is 18.2 Å². The lowest BCUT2D eigenvalue weighted by Crippen LogP contribution is -2.41. The Morgan fingerprint density at radius 2 is 2.20 bits per heavy atom. The predicted octanol–water partition coefficient (Wildman–Crippen LogP) is 2.53. The summed E-state index contributed by atoms with van der Waals surface area (Å²) in [5, 5.41) is 2.94. The Morgan fingerprint density at radius 1 is 1.50 bits per heavy atom. The van der Waals surface area contributed by atoms with Crippen molar-refractivity contribution in [1.82, 2.24) is 4.90 Å². The van der Waals surface area contributed by atoms with E-state index in [0.29, 0.717) is 5.02 Å². The number of rotatable bonds is 4. The molecule has 1 aliphatic rings. The van der Waals surface area contributed by atoms with E-state index in [-0.39, 0.29) is 24.2 Å². The third kappa shape index (κ3) is 4.16. The van der Waals surface area contributed by atoms with Gasteiger partial charge in [0.15, 0.2) is 0 Å². The number of nitrogens with zero attached hydrogens (tertiary/aromatic N) is 1. The average Bonchev–Trinajstić information content (AvgIpc) is 2.43. The highest BCUT2D eigenvalue weighted by Crippen LogP contribution is 2.19. The zero-order valence-electron chi connectivity index (χ0n) is 11.4. The second-order valence-corrected chi connectivity index (χ2v) is 5.32. The van der Waals surface area contributed by atoms with Crippen molar-refractivity contribution in [2.75, 3.05) is 32.1 Å². The van der Waals surface area contributed by atoms with Gasteiger partial charge in [-0.15, -0.1) is 0 Å². The van der Waals surface area contributed by atoms with Crippen LogP contribution in [0.2, 0.25) is 5.02 Å². The highest BCUT2D eigenvalue weighted by molar-refractivity contribution is 6.30. The number of piperidine rings is 1. The summed E-state index contributed by atoms with van der Waals surface area (Å²) in [6.45, 7) is 1.87. The maximum Gasteiger partial charge on any atom is 0.238 e. The van der Waals surface area contributed by atoms with Gasteiger partial charge in [-0.05, 0) is 31.0 Å². The minimum absolute atomic E-state index is 0.120. The molecule has 1 fully saturated rings. The molecule has 0 bridgehead atoms. The van der Waals surface area contributed by atoms with E-state index in [4.69, 9.17) is 16.3 Å². The summed E-state index contributed by atoms with van der Waals surface area (Å²) in [4.78, 5) is 13.9. The minimum atomic E-state index is -0.485. The van der Waals surface area contributed by atoms with Crippen molar-refractivity contribution in [2.24, 2.45) is 0 Å². The number of benzene rings is 1. The molecule has 1 aromatic carbocycles. The number of ether oxygens (including phenoxy) is 1. The third-order valence-corrected chi connectivity index (χ3v) is 3.67. The van der Waals surface area contributed by atoms with Crippen molar-refractivity contribution >= 4 is 23.2 Å². The summed E-state index contributed by atoms with van der Waals surface area (Å²) >= 11 is 5.78. The molecule has 0 atom stereocenters. The number of likely N-dealkylation sites (tertiary alicyclic amines) is 1. The molecule has 1 aliphatic heterocycles. The van der Waals surface area contributed by atoms with Crippen LogP contribution in [0.3, 0.4) is 0 Å². The number of anilines is 1. The Morgan fingerprint density at radius 3 is 2.85 bits per heavy atom. The van der Waals surface area contributed by atoms with Crippen LogP contribution in [0.4, 0.5) is 10.1 Å². The first-order chi connectivity index (χ1) is 9.58. The molecule has 1 saturated heterocycles.